The summed E-state index contributed by atoms with van der Waals surface area (Å²) in [5, 5.41) is 3.47. The number of rotatable bonds is 73. The lowest BCUT2D eigenvalue weighted by molar-refractivity contribution is -0.162. The molecule has 0 amide bonds. The quantitative estimate of drug-likeness (QED) is 0.0117. The molecule has 107 heavy (non-hydrogen) atoms. The van der Waals surface area contributed by atoms with Crippen molar-refractivity contribution in [2.24, 2.45) is 0 Å². The summed E-state index contributed by atoms with van der Waals surface area (Å²) in [4.78, 5) is 37.7. The van der Waals surface area contributed by atoms with Gasteiger partial charge in [0.15, 0.2) is 12.2 Å². The first-order valence-electron chi connectivity index (χ1n) is 42.9. The van der Waals surface area contributed by atoms with E-state index in [0.29, 0.717) is 45.4 Å². The zero-order valence-corrected chi connectivity index (χ0v) is 70.6. The Labute approximate surface area is 663 Å². The van der Waals surface area contributed by atoms with Crippen LogP contribution in [-0.4, -0.2) is 87.3 Å². The van der Waals surface area contributed by atoms with Crippen LogP contribution in [0.3, 0.4) is 0 Å². The van der Waals surface area contributed by atoms with Gasteiger partial charge in [-0.3, -0.25) is 23.4 Å². The molecule has 0 saturated carbocycles. The van der Waals surface area contributed by atoms with Gasteiger partial charge < -0.3 is 23.7 Å². The number of hydrogen-bond donors (Lipinski definition) is 1. The molecule has 15 heteroatoms. The fourth-order valence-electron chi connectivity index (χ4n) is 11.5. The summed E-state index contributed by atoms with van der Waals surface area (Å²) in [5.41, 5.74) is 0. The van der Waals surface area contributed by atoms with Gasteiger partial charge in [0.1, 0.15) is 13.2 Å². The fourth-order valence-corrected chi connectivity index (χ4v) is 15.9. The van der Waals surface area contributed by atoms with Crippen LogP contribution in [0.5, 0.6) is 0 Å². The molecule has 0 aromatic heterocycles. The van der Waals surface area contributed by atoms with Crippen LogP contribution in [0.15, 0.2) is 158 Å². The molecule has 2 heterocycles. The number of allylic oxidation sites excluding steroid dienone is 25. The molecule has 0 bridgehead atoms. The van der Waals surface area contributed by atoms with Crippen LogP contribution in [0.2, 0.25) is 0 Å². The Kier molecular flexibility index (Phi) is 77.6. The lowest BCUT2D eigenvalue weighted by atomic mass is 10.0. The van der Waals surface area contributed by atoms with Gasteiger partial charge in [0.05, 0.1) is 26.1 Å². The molecule has 12 nitrogen and oxygen atoms in total. The van der Waals surface area contributed by atoms with Gasteiger partial charge in [0.25, 0.3) is 0 Å². The molecule has 0 aromatic rings. The van der Waals surface area contributed by atoms with E-state index in [2.05, 4.69) is 166 Å². The smallest absolute Gasteiger partial charge is 0.405 e. The first-order chi connectivity index (χ1) is 52.7. The molecule has 0 radical (unpaired) electrons. The van der Waals surface area contributed by atoms with E-state index < -0.39 is 20.0 Å². The second-order valence-electron chi connectivity index (χ2n) is 28.0. The van der Waals surface area contributed by atoms with Crippen LogP contribution in [0.25, 0.3) is 0 Å². The molecule has 4 atom stereocenters. The van der Waals surface area contributed by atoms with Gasteiger partial charge in [0.2, 0.25) is 0 Å². The van der Waals surface area contributed by atoms with Crippen molar-refractivity contribution in [2.75, 3.05) is 51.9 Å². The highest BCUT2D eigenvalue weighted by Gasteiger charge is 2.31. The van der Waals surface area contributed by atoms with Crippen molar-refractivity contribution in [3.63, 3.8) is 0 Å². The molecule has 1 N–H and O–H groups in total. The summed E-state index contributed by atoms with van der Waals surface area (Å²) in [5.74, 6) is 0.396. The maximum absolute atomic E-state index is 12.7. The van der Waals surface area contributed by atoms with E-state index in [4.69, 9.17) is 32.7 Å². The normalized spacial score (nSPS) is 16.5. The van der Waals surface area contributed by atoms with Crippen LogP contribution in [-0.2, 0) is 51.7 Å². The fraction of sp³-hybridized carbons (Fsp3) is 0.685. The zero-order chi connectivity index (χ0) is 77.0. The van der Waals surface area contributed by atoms with Crippen molar-refractivity contribution in [3.05, 3.63) is 158 Å². The number of carbonyl (C=O) groups is 3. The van der Waals surface area contributed by atoms with Crippen LogP contribution < -0.4 is 5.09 Å². The van der Waals surface area contributed by atoms with Crippen molar-refractivity contribution in [1.82, 2.24) is 5.09 Å². The second-order valence-corrected chi connectivity index (χ2v) is 32.6. The SMILES string of the molecule is CC/C=C\C/C=C\C/C=C\C/C=C\C/C=C\C/C=C\CCC(=O)OC(CO/C=C\CCCCCCCCCCCCCC)COP1(=O)NCCO1.CC/C=C\C/C=C\C/C=C\C/C=C\C/C=C\C/C=C\CCC(=O)OC(COCCCCCCCCCCCCCCCC)COC(=O)CCCC[C@@H]1CCSS1. The number of hydrogen-bond acceptors (Lipinski definition) is 13. The highest BCUT2D eigenvalue weighted by atomic mass is 33.1. The predicted octanol–water partition coefficient (Wildman–Crippen LogP) is 27.9. The minimum Gasteiger partial charge on any atom is -0.498 e. The van der Waals surface area contributed by atoms with Crippen LogP contribution in [0.4, 0.5) is 0 Å². The molecule has 2 fully saturated rings. The summed E-state index contributed by atoms with van der Waals surface area (Å²) >= 11 is 0. The Hall–Kier alpha value is -4.40. The molecule has 2 saturated heterocycles. The van der Waals surface area contributed by atoms with Crippen molar-refractivity contribution < 1.29 is 51.7 Å². The minimum absolute atomic E-state index is 0.0539. The largest absolute Gasteiger partial charge is 0.498 e. The third kappa shape index (κ3) is 75.4. The monoisotopic (exact) mass is 1540 g/mol. The number of nitrogens with one attached hydrogen (secondary N) is 1. The molecular formula is C92H154NO11PS2. The number of esters is 3. The molecule has 0 aliphatic carbocycles. The van der Waals surface area contributed by atoms with E-state index >= 15 is 0 Å². The first-order valence-corrected chi connectivity index (χ1v) is 46.8. The Morgan fingerprint density at radius 2 is 0.804 bits per heavy atom. The molecule has 2 aliphatic heterocycles. The van der Waals surface area contributed by atoms with Crippen molar-refractivity contribution >= 4 is 47.2 Å². The van der Waals surface area contributed by atoms with Crippen molar-refractivity contribution in [3.8, 4) is 0 Å². The predicted molar refractivity (Wildman–Crippen MR) is 462 cm³/mol. The van der Waals surface area contributed by atoms with Crippen LogP contribution >= 0.6 is 29.3 Å². The van der Waals surface area contributed by atoms with Crippen LogP contribution in [0, 0.1) is 0 Å². The molecule has 0 aromatic carbocycles. The molecule has 3 unspecified atom stereocenters. The van der Waals surface area contributed by atoms with Gasteiger partial charge in [-0.05, 0) is 134 Å². The molecule has 2 rings (SSSR count). The Morgan fingerprint density at radius 1 is 0.411 bits per heavy atom. The average Bonchev–Trinajstić information content (AvgIpc) is 1.78. The van der Waals surface area contributed by atoms with Gasteiger partial charge >= 0.3 is 25.7 Å². The highest BCUT2D eigenvalue weighted by Crippen LogP contribution is 2.46. The number of unbranched alkanes of at least 4 members (excludes halogenated alkanes) is 26. The molecular weight excluding hydrogens is 1390 g/mol. The first kappa shape index (κ1) is 101. The third-order valence-electron chi connectivity index (χ3n) is 17.9. The summed E-state index contributed by atoms with van der Waals surface area (Å²) in [7, 11) is 0.595. The molecule has 610 valence electrons. The standard InChI is InChI=1S/C49H82O5S2.C43H72NO6P/c1-3-5-7-9-11-13-15-17-19-20-21-22-23-24-26-28-30-32-34-40-49(51)54-46(45-53-48(50)39-36-35-38-47-41-43-55-56-47)44-52-42-37-33-31-29-27-25-18-16-14-12-10-8-6-4-2;1-3-5-7-9-11-13-15-17-19-20-21-22-23-24-26-28-30-32-34-36-43(45)50-42(41-49-51(46)44-37-39-48-51)40-47-38-35-33-31-29-27-25-18-16-14-12-10-8-6-4-2/h5,7,11,13,17,19,21-22,24,26,30,32,46-47H,3-4,6,8-10,12,14-16,18,20,23,25,27-29,31,33-45H2,1-2H3;5,7,11,13,17,19,21-22,24,26,30,32,35,38,42H,3-4,6,8-10,12,14-16,18,20,23,25,27-29,31,33-34,36-37,39-41H2,1-2H3,(H,44,46)/b7-5-,13-11-,19-17-,22-21-,26-24-,32-30-;7-5-,13-11-,19-17-,22-21-,26-24-,32-30-,38-35-/t46?,47-;/m1./s1. The summed E-state index contributed by atoms with van der Waals surface area (Å²) in [6.45, 7) is 10.6. The molecule has 2 aliphatic rings. The zero-order valence-electron chi connectivity index (χ0n) is 68.1. The summed E-state index contributed by atoms with van der Waals surface area (Å²) < 4.78 is 51.7. The lowest BCUT2D eigenvalue weighted by Crippen LogP contribution is -2.30. The molecule has 0 spiro atoms. The van der Waals surface area contributed by atoms with Gasteiger partial charge in [-0.15, -0.1) is 0 Å². The third-order valence-corrected chi connectivity index (χ3v) is 22.5. The lowest BCUT2D eigenvalue weighted by Gasteiger charge is -2.19. The van der Waals surface area contributed by atoms with Gasteiger partial charge in [-0.1, -0.05) is 356 Å². The van der Waals surface area contributed by atoms with Crippen LogP contribution in [0.1, 0.15) is 336 Å². The maximum atomic E-state index is 12.7. The van der Waals surface area contributed by atoms with Gasteiger partial charge in [-0.25, -0.2) is 9.65 Å². The van der Waals surface area contributed by atoms with E-state index in [0.717, 1.165) is 127 Å². The summed E-state index contributed by atoms with van der Waals surface area (Å²) in [6.07, 6.45) is 108. The maximum Gasteiger partial charge on any atom is 0.405 e. The van der Waals surface area contributed by atoms with Gasteiger partial charge in [-0.2, -0.15) is 0 Å². The minimum atomic E-state index is -3.34. The number of carbonyl (C=O) groups excluding carboxylic acids is 3. The Bertz CT molecular complexity index is 2480. The van der Waals surface area contributed by atoms with E-state index in [1.165, 1.54) is 160 Å². The van der Waals surface area contributed by atoms with Crippen molar-refractivity contribution in [1.29, 1.82) is 0 Å². The Balaban J connectivity index is 0.00000107. The van der Waals surface area contributed by atoms with E-state index in [1.54, 1.807) is 6.26 Å². The Morgan fingerprint density at radius 3 is 1.20 bits per heavy atom. The van der Waals surface area contributed by atoms with Crippen molar-refractivity contribution in [2.45, 2.75) is 353 Å². The van der Waals surface area contributed by atoms with E-state index in [1.807, 2.05) is 39.8 Å². The number of ether oxygens (including phenoxy) is 5. The van der Waals surface area contributed by atoms with E-state index in [-0.39, 0.29) is 50.8 Å². The highest BCUT2D eigenvalue weighted by molar-refractivity contribution is 8.77. The average molecular weight is 1550 g/mol. The second kappa shape index (κ2) is 82.6. The van der Waals surface area contributed by atoms with Gasteiger partial charge in [0, 0.05) is 43.4 Å². The summed E-state index contributed by atoms with van der Waals surface area (Å²) in [6, 6.07) is 0. The topological polar surface area (TPSA) is 145 Å². The van der Waals surface area contributed by atoms with E-state index in [9.17, 15) is 18.9 Å².